The van der Waals surface area contributed by atoms with E-state index in [0.717, 1.165) is 32.1 Å². The maximum Gasteiger partial charge on any atom is 0.222 e. The second-order valence-electron chi connectivity index (χ2n) is 9.32. The molecule has 2 rings (SSSR count). The average Bonchev–Trinajstić information content (AvgIpc) is 3.17. The predicted octanol–water partition coefficient (Wildman–Crippen LogP) is 4.49. The monoisotopic (exact) mass is 403 g/mol. The van der Waals surface area contributed by atoms with Gasteiger partial charge in [0.1, 0.15) is 0 Å². The van der Waals surface area contributed by atoms with Crippen LogP contribution in [0.4, 0.5) is 0 Å². The van der Waals surface area contributed by atoms with Crippen LogP contribution >= 0.6 is 0 Å². The van der Waals surface area contributed by atoms with Crippen molar-refractivity contribution in [1.82, 2.24) is 4.90 Å². The largest absolute Gasteiger partial charge is 0.392 e. The molecule has 0 spiro atoms. The topological polar surface area (TPSA) is 60.8 Å². The van der Waals surface area contributed by atoms with Gasteiger partial charge in [-0.1, -0.05) is 69.1 Å². The van der Waals surface area contributed by atoms with Gasteiger partial charge in [-0.15, -0.1) is 0 Å². The van der Waals surface area contributed by atoms with Crippen molar-refractivity contribution in [2.24, 2.45) is 23.7 Å². The predicted molar refractivity (Wildman–Crippen MR) is 119 cm³/mol. The normalized spacial score (nSPS) is 28.7. The summed E-state index contributed by atoms with van der Waals surface area (Å²) in [6.45, 7) is 4.40. The van der Waals surface area contributed by atoms with Crippen molar-refractivity contribution >= 4 is 5.91 Å². The van der Waals surface area contributed by atoms with Gasteiger partial charge in [0, 0.05) is 26.4 Å². The zero-order valence-corrected chi connectivity index (χ0v) is 18.8. The Morgan fingerprint density at radius 2 is 2.14 bits per heavy atom. The van der Waals surface area contributed by atoms with E-state index in [1.807, 2.05) is 6.08 Å². The van der Waals surface area contributed by atoms with Crippen LogP contribution in [0.5, 0.6) is 0 Å². The summed E-state index contributed by atoms with van der Waals surface area (Å²) < 4.78 is 0. The quantitative estimate of drug-likeness (QED) is 0.500. The molecule has 6 atom stereocenters. The Kier molecular flexibility index (Phi) is 9.64. The third kappa shape index (κ3) is 7.42. The number of carbonyl (C=O) groups excluding carboxylic acids is 1. The molecular weight excluding hydrogens is 362 g/mol. The SMILES string of the molecule is CCCC[C@H](C)C[C@H](O)/C=C/[C@@H]1[C@H]2CC(/C=C\CCC(=O)N(C)C)=C[C@H]2C[C@H]1O. The lowest BCUT2D eigenvalue weighted by Gasteiger charge is -2.19. The standard InChI is InChI=1S/C25H41NO3/c1-5-6-9-18(2)14-21(27)12-13-22-23-16-19(15-20(23)17-24(22)28)10-7-8-11-25(29)26(3)4/h7,10,12-13,15,18,20-24,27-28H,5-6,8-9,11,14,16-17H2,1-4H3/b10-7-,13-12+/t18-,20-,21+,22+,23-,24+/m0/s1. The Hall–Kier alpha value is -1.39. The molecular formula is C25H41NO3. The second-order valence-corrected chi connectivity index (χ2v) is 9.32. The van der Waals surface area contributed by atoms with E-state index in [-0.39, 0.29) is 17.9 Å². The first-order valence-electron chi connectivity index (χ1n) is 11.4. The van der Waals surface area contributed by atoms with Crippen molar-refractivity contribution in [3.8, 4) is 0 Å². The van der Waals surface area contributed by atoms with E-state index in [9.17, 15) is 15.0 Å². The van der Waals surface area contributed by atoms with Gasteiger partial charge in [-0.3, -0.25) is 4.79 Å². The summed E-state index contributed by atoms with van der Waals surface area (Å²) in [5.41, 5.74) is 1.32. The molecule has 4 heteroatoms. The summed E-state index contributed by atoms with van der Waals surface area (Å²) in [7, 11) is 3.57. The summed E-state index contributed by atoms with van der Waals surface area (Å²) in [5.74, 6) is 1.65. The van der Waals surface area contributed by atoms with Crippen LogP contribution in [0.15, 0.2) is 36.0 Å². The molecule has 4 nitrogen and oxygen atoms in total. The van der Waals surface area contributed by atoms with E-state index in [4.69, 9.17) is 0 Å². The van der Waals surface area contributed by atoms with Crippen molar-refractivity contribution in [3.63, 3.8) is 0 Å². The zero-order chi connectivity index (χ0) is 21.4. The van der Waals surface area contributed by atoms with Crippen molar-refractivity contribution in [1.29, 1.82) is 0 Å². The maximum atomic E-state index is 11.6. The average molecular weight is 404 g/mol. The smallest absolute Gasteiger partial charge is 0.222 e. The fraction of sp³-hybridized carbons (Fsp3) is 0.720. The summed E-state index contributed by atoms with van der Waals surface area (Å²) >= 11 is 0. The molecule has 164 valence electrons. The molecule has 2 aliphatic carbocycles. The minimum absolute atomic E-state index is 0.123. The molecule has 0 aromatic rings. The van der Waals surface area contributed by atoms with Gasteiger partial charge in [-0.05, 0) is 43.4 Å². The van der Waals surface area contributed by atoms with Gasteiger partial charge in [-0.25, -0.2) is 0 Å². The van der Waals surface area contributed by atoms with E-state index in [2.05, 4.69) is 38.2 Å². The van der Waals surface area contributed by atoms with Crippen LogP contribution in [0.1, 0.15) is 65.2 Å². The molecule has 0 bridgehead atoms. The number of fused-ring (bicyclic) bond motifs is 1. The van der Waals surface area contributed by atoms with Gasteiger partial charge in [-0.2, -0.15) is 0 Å². The van der Waals surface area contributed by atoms with E-state index in [0.29, 0.717) is 24.2 Å². The number of allylic oxidation sites excluding steroid dienone is 4. The van der Waals surface area contributed by atoms with Crippen LogP contribution in [0.2, 0.25) is 0 Å². The number of aliphatic hydroxyl groups is 2. The zero-order valence-electron chi connectivity index (χ0n) is 18.8. The molecule has 0 radical (unpaired) electrons. The first-order chi connectivity index (χ1) is 13.8. The van der Waals surface area contributed by atoms with E-state index in [1.54, 1.807) is 19.0 Å². The summed E-state index contributed by atoms with van der Waals surface area (Å²) in [6.07, 6.45) is 17.3. The lowest BCUT2D eigenvalue weighted by atomic mass is 9.88. The van der Waals surface area contributed by atoms with Crippen LogP contribution in [-0.4, -0.2) is 47.3 Å². The Labute approximate surface area is 177 Å². The van der Waals surface area contributed by atoms with Crippen LogP contribution < -0.4 is 0 Å². The Morgan fingerprint density at radius 1 is 1.38 bits per heavy atom. The molecule has 1 saturated carbocycles. The van der Waals surface area contributed by atoms with E-state index >= 15 is 0 Å². The van der Waals surface area contributed by atoms with Gasteiger partial charge >= 0.3 is 0 Å². The van der Waals surface area contributed by atoms with Gasteiger partial charge in [0.05, 0.1) is 12.2 Å². The summed E-state index contributed by atoms with van der Waals surface area (Å²) in [5, 5.41) is 20.9. The highest BCUT2D eigenvalue weighted by Gasteiger charge is 2.42. The van der Waals surface area contributed by atoms with E-state index < -0.39 is 6.10 Å². The third-order valence-electron chi connectivity index (χ3n) is 6.51. The molecule has 29 heavy (non-hydrogen) atoms. The highest BCUT2D eigenvalue weighted by atomic mass is 16.3. The number of aliphatic hydroxyl groups excluding tert-OH is 2. The molecule has 2 N–H and O–H groups in total. The highest BCUT2D eigenvalue weighted by molar-refractivity contribution is 5.75. The number of nitrogens with zero attached hydrogens (tertiary/aromatic N) is 1. The lowest BCUT2D eigenvalue weighted by Crippen LogP contribution is -2.20. The number of unbranched alkanes of at least 4 members (excludes halogenated alkanes) is 1. The molecule has 0 aliphatic heterocycles. The number of hydrogen-bond donors (Lipinski definition) is 2. The summed E-state index contributed by atoms with van der Waals surface area (Å²) in [4.78, 5) is 13.3. The molecule has 0 saturated heterocycles. The van der Waals surface area contributed by atoms with Crippen LogP contribution in [0, 0.1) is 23.7 Å². The third-order valence-corrected chi connectivity index (χ3v) is 6.51. The minimum Gasteiger partial charge on any atom is -0.392 e. The van der Waals surface area contributed by atoms with Gasteiger partial charge in [0.15, 0.2) is 0 Å². The lowest BCUT2D eigenvalue weighted by molar-refractivity contribution is -0.128. The molecule has 2 aliphatic rings. The Balaban J connectivity index is 1.82. The molecule has 0 unspecified atom stereocenters. The molecule has 0 heterocycles. The van der Waals surface area contributed by atoms with E-state index in [1.165, 1.54) is 18.4 Å². The number of carbonyl (C=O) groups is 1. The van der Waals surface area contributed by atoms with Gasteiger partial charge in [0.2, 0.25) is 5.91 Å². The minimum atomic E-state index is -0.420. The molecule has 0 aromatic heterocycles. The molecule has 0 aromatic carbocycles. The summed E-state index contributed by atoms with van der Waals surface area (Å²) in [6, 6.07) is 0. The van der Waals surface area contributed by atoms with Crippen LogP contribution in [0.25, 0.3) is 0 Å². The number of hydrogen-bond acceptors (Lipinski definition) is 3. The first kappa shape index (κ1) is 23.9. The number of rotatable bonds is 11. The Morgan fingerprint density at radius 3 is 2.83 bits per heavy atom. The highest BCUT2D eigenvalue weighted by Crippen LogP contribution is 2.47. The number of amides is 1. The van der Waals surface area contributed by atoms with Gasteiger partial charge < -0.3 is 15.1 Å². The van der Waals surface area contributed by atoms with Crippen molar-refractivity contribution < 1.29 is 15.0 Å². The van der Waals surface area contributed by atoms with Crippen LogP contribution in [-0.2, 0) is 4.79 Å². The first-order valence-corrected chi connectivity index (χ1v) is 11.4. The maximum absolute atomic E-state index is 11.6. The van der Waals surface area contributed by atoms with Crippen molar-refractivity contribution in [2.75, 3.05) is 14.1 Å². The second kappa shape index (κ2) is 11.7. The van der Waals surface area contributed by atoms with Crippen LogP contribution in [0.3, 0.4) is 0 Å². The van der Waals surface area contributed by atoms with Crippen molar-refractivity contribution in [3.05, 3.63) is 36.0 Å². The molecule has 1 amide bonds. The van der Waals surface area contributed by atoms with Crippen molar-refractivity contribution in [2.45, 2.75) is 77.4 Å². The fourth-order valence-corrected chi connectivity index (χ4v) is 4.75. The fourth-order valence-electron chi connectivity index (χ4n) is 4.75. The Bertz CT molecular complexity index is 607. The van der Waals surface area contributed by atoms with Gasteiger partial charge in [0.25, 0.3) is 0 Å². The molecule has 1 fully saturated rings.